The molecule has 74 valence electrons. The maximum atomic E-state index is 12.9. The molecule has 1 aliphatic rings. The summed E-state index contributed by atoms with van der Waals surface area (Å²) in [5.74, 6) is -0.842. The number of esters is 1. The van der Waals surface area contributed by atoms with Gasteiger partial charge in [0.05, 0.1) is 13.7 Å². The van der Waals surface area contributed by atoms with Gasteiger partial charge < -0.3 is 9.64 Å². The Balaban J connectivity index is 2.71. The molecular formula is C8H12FNO3. The number of ether oxygens (including phenoxy) is 1. The Kier molecular flexibility index (Phi) is 2.85. The molecule has 4 nitrogen and oxygen atoms in total. The van der Waals surface area contributed by atoms with Gasteiger partial charge in [-0.15, -0.1) is 0 Å². The zero-order valence-corrected chi connectivity index (χ0v) is 7.62. The van der Waals surface area contributed by atoms with Crippen molar-refractivity contribution < 1.29 is 18.7 Å². The van der Waals surface area contributed by atoms with E-state index in [2.05, 4.69) is 4.74 Å². The van der Waals surface area contributed by atoms with Gasteiger partial charge in [-0.25, -0.2) is 9.18 Å². The third kappa shape index (κ3) is 1.96. The van der Waals surface area contributed by atoms with Crippen LogP contribution in [-0.2, 0) is 14.3 Å². The van der Waals surface area contributed by atoms with Crippen molar-refractivity contribution in [2.45, 2.75) is 25.6 Å². The molecular weight excluding hydrogens is 177 g/mol. The van der Waals surface area contributed by atoms with Crippen molar-refractivity contribution in [1.29, 1.82) is 0 Å². The fraction of sp³-hybridized carbons (Fsp3) is 0.750. The number of likely N-dealkylation sites (tertiary alicyclic amines) is 1. The predicted molar refractivity (Wildman–Crippen MR) is 42.7 cm³/mol. The second kappa shape index (κ2) is 3.72. The van der Waals surface area contributed by atoms with Crippen LogP contribution in [0, 0.1) is 0 Å². The zero-order chi connectivity index (χ0) is 10.0. The molecule has 1 rings (SSSR count). The van der Waals surface area contributed by atoms with Crippen molar-refractivity contribution in [2.24, 2.45) is 0 Å². The van der Waals surface area contributed by atoms with Crippen molar-refractivity contribution in [3.05, 3.63) is 0 Å². The van der Waals surface area contributed by atoms with Crippen molar-refractivity contribution >= 4 is 11.9 Å². The summed E-state index contributed by atoms with van der Waals surface area (Å²) in [6.07, 6.45) is -1.07. The molecule has 0 aromatic rings. The second-order valence-electron chi connectivity index (χ2n) is 3.04. The number of hydrogen-bond acceptors (Lipinski definition) is 3. The zero-order valence-electron chi connectivity index (χ0n) is 7.62. The molecule has 0 N–H and O–H groups in total. The van der Waals surface area contributed by atoms with Crippen LogP contribution in [0.15, 0.2) is 0 Å². The maximum Gasteiger partial charge on any atom is 0.328 e. The van der Waals surface area contributed by atoms with E-state index >= 15 is 0 Å². The van der Waals surface area contributed by atoms with Gasteiger partial charge in [-0.05, 0) is 0 Å². The highest BCUT2D eigenvalue weighted by Crippen LogP contribution is 2.21. The highest BCUT2D eigenvalue weighted by Gasteiger charge is 2.38. The fourth-order valence-corrected chi connectivity index (χ4v) is 1.49. The molecule has 5 heteroatoms. The molecule has 0 saturated carbocycles. The van der Waals surface area contributed by atoms with Gasteiger partial charge >= 0.3 is 5.97 Å². The van der Waals surface area contributed by atoms with Crippen molar-refractivity contribution in [3.8, 4) is 0 Å². The lowest BCUT2D eigenvalue weighted by Gasteiger charge is -2.19. The first-order chi connectivity index (χ1) is 6.06. The Morgan fingerprint density at radius 3 is 2.62 bits per heavy atom. The summed E-state index contributed by atoms with van der Waals surface area (Å²) in [6.45, 7) is 1.31. The Morgan fingerprint density at radius 1 is 1.54 bits per heavy atom. The minimum Gasteiger partial charge on any atom is -0.467 e. The quantitative estimate of drug-likeness (QED) is 0.550. The minimum absolute atomic E-state index is 0.00486. The summed E-state index contributed by atoms with van der Waals surface area (Å²) in [4.78, 5) is 23.3. The van der Waals surface area contributed by atoms with Crippen LogP contribution in [0.1, 0.15) is 13.3 Å². The van der Waals surface area contributed by atoms with Gasteiger partial charge in [-0.1, -0.05) is 0 Å². The molecule has 0 bridgehead atoms. The molecule has 13 heavy (non-hydrogen) atoms. The topological polar surface area (TPSA) is 46.6 Å². The van der Waals surface area contributed by atoms with Gasteiger partial charge in [-0.2, -0.15) is 0 Å². The monoisotopic (exact) mass is 189 g/mol. The Hall–Kier alpha value is -1.13. The van der Waals surface area contributed by atoms with Crippen molar-refractivity contribution in [3.63, 3.8) is 0 Å². The molecule has 1 aliphatic heterocycles. The summed E-state index contributed by atoms with van der Waals surface area (Å²) in [5, 5.41) is 0. The Bertz CT molecular complexity index is 231. The van der Waals surface area contributed by atoms with Gasteiger partial charge in [0.1, 0.15) is 12.2 Å². The third-order valence-corrected chi connectivity index (χ3v) is 2.13. The molecule has 1 saturated heterocycles. The molecule has 1 heterocycles. The van der Waals surface area contributed by atoms with E-state index in [1.165, 1.54) is 18.9 Å². The van der Waals surface area contributed by atoms with Crippen molar-refractivity contribution in [1.82, 2.24) is 4.90 Å². The van der Waals surface area contributed by atoms with E-state index in [0.29, 0.717) is 0 Å². The predicted octanol–water partition coefficient (Wildman–Crippen LogP) is 0.118. The number of methoxy groups -OCH3 is 1. The van der Waals surface area contributed by atoms with E-state index < -0.39 is 18.2 Å². The SMILES string of the molecule is COC(=O)[C@@H]1C[C@@H](F)CN1C(C)=O. The molecule has 0 spiro atoms. The minimum atomic E-state index is -1.12. The van der Waals surface area contributed by atoms with Crippen LogP contribution in [0.5, 0.6) is 0 Å². The highest BCUT2D eigenvalue weighted by molar-refractivity contribution is 5.84. The molecule has 0 unspecified atom stereocenters. The normalized spacial score (nSPS) is 27.5. The lowest BCUT2D eigenvalue weighted by Crippen LogP contribution is -2.39. The molecule has 1 fully saturated rings. The van der Waals surface area contributed by atoms with Crippen LogP contribution in [-0.4, -0.2) is 42.6 Å². The average molecular weight is 189 g/mol. The van der Waals surface area contributed by atoms with Crippen LogP contribution in [0.25, 0.3) is 0 Å². The Morgan fingerprint density at radius 2 is 2.15 bits per heavy atom. The van der Waals surface area contributed by atoms with Gasteiger partial charge in [-0.3, -0.25) is 4.79 Å². The first-order valence-corrected chi connectivity index (χ1v) is 4.05. The lowest BCUT2D eigenvalue weighted by molar-refractivity contribution is -0.150. The largest absolute Gasteiger partial charge is 0.467 e. The molecule has 0 aromatic heterocycles. The average Bonchev–Trinajstić information content (AvgIpc) is 2.46. The molecule has 1 amide bonds. The molecule has 0 aliphatic carbocycles. The van der Waals surface area contributed by atoms with E-state index in [-0.39, 0.29) is 18.9 Å². The summed E-state index contributed by atoms with van der Waals surface area (Å²) >= 11 is 0. The number of rotatable bonds is 1. The maximum absolute atomic E-state index is 12.9. The second-order valence-corrected chi connectivity index (χ2v) is 3.04. The molecule has 0 radical (unpaired) electrons. The Labute approximate surface area is 75.6 Å². The van der Waals surface area contributed by atoms with Gasteiger partial charge in [0.15, 0.2) is 0 Å². The third-order valence-electron chi connectivity index (χ3n) is 2.13. The summed E-state index contributed by atoms with van der Waals surface area (Å²) in [5.41, 5.74) is 0. The smallest absolute Gasteiger partial charge is 0.328 e. The van der Waals surface area contributed by atoms with Gasteiger partial charge in [0.2, 0.25) is 5.91 Å². The van der Waals surface area contributed by atoms with Gasteiger partial charge in [0.25, 0.3) is 0 Å². The number of alkyl halides is 1. The number of nitrogens with zero attached hydrogens (tertiary/aromatic N) is 1. The number of halogens is 1. The number of hydrogen-bond donors (Lipinski definition) is 0. The number of amides is 1. The van der Waals surface area contributed by atoms with Crippen LogP contribution in [0.3, 0.4) is 0 Å². The number of carbonyl (C=O) groups excluding carboxylic acids is 2. The first kappa shape index (κ1) is 9.95. The van der Waals surface area contributed by atoms with Crippen LogP contribution in [0.2, 0.25) is 0 Å². The lowest BCUT2D eigenvalue weighted by atomic mass is 10.2. The standard InChI is InChI=1S/C8H12FNO3/c1-5(11)10-4-6(9)3-7(10)8(12)13-2/h6-7H,3-4H2,1-2H3/t6-,7+/m1/s1. The summed E-state index contributed by atoms with van der Waals surface area (Å²) < 4.78 is 17.3. The number of carbonyl (C=O) groups is 2. The van der Waals surface area contributed by atoms with Crippen LogP contribution in [0.4, 0.5) is 4.39 Å². The molecule has 2 atom stereocenters. The molecule has 0 aromatic carbocycles. The van der Waals surface area contributed by atoms with E-state index in [9.17, 15) is 14.0 Å². The fourth-order valence-electron chi connectivity index (χ4n) is 1.49. The van der Waals surface area contributed by atoms with E-state index in [1.807, 2.05) is 0 Å². The summed E-state index contributed by atoms with van der Waals surface area (Å²) in [7, 11) is 1.23. The van der Waals surface area contributed by atoms with E-state index in [0.717, 1.165) is 0 Å². The first-order valence-electron chi connectivity index (χ1n) is 4.05. The van der Waals surface area contributed by atoms with E-state index in [4.69, 9.17) is 0 Å². The van der Waals surface area contributed by atoms with Gasteiger partial charge in [0, 0.05) is 13.3 Å². The summed E-state index contributed by atoms with van der Waals surface area (Å²) in [6, 6.07) is -0.738. The van der Waals surface area contributed by atoms with Crippen LogP contribution < -0.4 is 0 Å². The van der Waals surface area contributed by atoms with Crippen LogP contribution >= 0.6 is 0 Å². The highest BCUT2D eigenvalue weighted by atomic mass is 19.1. The van der Waals surface area contributed by atoms with E-state index in [1.54, 1.807) is 0 Å². The van der Waals surface area contributed by atoms with Crippen molar-refractivity contribution in [2.75, 3.05) is 13.7 Å².